The first-order valence-corrected chi connectivity index (χ1v) is 10.6. The van der Waals surface area contributed by atoms with Crippen LogP contribution in [0.1, 0.15) is 58.3 Å². The van der Waals surface area contributed by atoms with Crippen LogP contribution in [-0.2, 0) is 28.5 Å². The van der Waals surface area contributed by atoms with Gasteiger partial charge in [0.05, 0.1) is 25.7 Å². The van der Waals surface area contributed by atoms with Gasteiger partial charge in [-0.15, -0.1) is 0 Å². The van der Waals surface area contributed by atoms with E-state index in [9.17, 15) is 9.90 Å². The standard InChI is InChI=1S/C21H32O7/c1-3-7-14(22)17-19-20(28-21(27-19)10-5-4-6-11-21)18-15(26-17)9-8-13(25-18)12-16(23)24-2/h3,7,13-15,17-20,22H,4-6,8-12H2,1-2H3/b7-3+/t13-,14?,15+,17+,18+,19-,20+/m1/s1. The van der Waals surface area contributed by atoms with Gasteiger partial charge in [-0.2, -0.15) is 0 Å². The average Bonchev–Trinajstić information content (AvgIpc) is 3.06. The van der Waals surface area contributed by atoms with Crippen LogP contribution in [0.3, 0.4) is 0 Å². The van der Waals surface area contributed by atoms with Crippen molar-refractivity contribution < 1.29 is 33.6 Å². The first kappa shape index (κ1) is 20.3. The Bertz CT molecular complexity index is 585. The molecule has 4 rings (SSSR count). The molecular formula is C21H32O7. The molecule has 7 nitrogen and oxygen atoms in total. The molecule has 28 heavy (non-hydrogen) atoms. The zero-order valence-electron chi connectivity index (χ0n) is 16.7. The zero-order chi connectivity index (χ0) is 19.7. The molecule has 0 bridgehead atoms. The molecule has 158 valence electrons. The van der Waals surface area contributed by atoms with Crippen molar-refractivity contribution in [3.05, 3.63) is 12.2 Å². The third-order valence-electron chi connectivity index (χ3n) is 6.46. The van der Waals surface area contributed by atoms with E-state index in [1.54, 1.807) is 6.08 Å². The maximum Gasteiger partial charge on any atom is 0.308 e. The van der Waals surface area contributed by atoms with Gasteiger partial charge in [-0.05, 0) is 32.6 Å². The normalized spacial score (nSPS) is 40.8. The number of esters is 1. The predicted octanol–water partition coefficient (Wildman–Crippen LogP) is 2.25. The molecule has 1 saturated carbocycles. The summed E-state index contributed by atoms with van der Waals surface area (Å²) in [4.78, 5) is 11.7. The number of hydrogen-bond donors (Lipinski definition) is 1. The second kappa shape index (κ2) is 8.40. The molecule has 7 heteroatoms. The van der Waals surface area contributed by atoms with Crippen molar-refractivity contribution >= 4 is 5.97 Å². The monoisotopic (exact) mass is 396 g/mol. The lowest BCUT2D eigenvalue weighted by molar-refractivity contribution is -0.250. The van der Waals surface area contributed by atoms with Gasteiger partial charge in [-0.3, -0.25) is 4.79 Å². The SMILES string of the molecule is C/C=C/C(O)[C@@H]1O[C@H]2CC[C@H](CC(=O)OC)O[C@@H]2[C@@H]2OC3(CCCCC3)O[C@@H]21. The van der Waals surface area contributed by atoms with E-state index in [2.05, 4.69) is 0 Å². The Hall–Kier alpha value is -0.990. The highest BCUT2D eigenvalue weighted by atomic mass is 16.8. The molecule has 3 aliphatic heterocycles. The summed E-state index contributed by atoms with van der Waals surface area (Å²) in [6, 6.07) is 0. The first-order valence-electron chi connectivity index (χ1n) is 10.6. The van der Waals surface area contributed by atoms with Gasteiger partial charge in [0, 0.05) is 12.8 Å². The number of allylic oxidation sites excluding steroid dienone is 1. The molecule has 0 amide bonds. The van der Waals surface area contributed by atoms with Crippen molar-refractivity contribution in [2.75, 3.05) is 7.11 Å². The number of fused-ring (bicyclic) bond motifs is 3. The van der Waals surface area contributed by atoms with Gasteiger partial charge in [0.15, 0.2) is 5.79 Å². The van der Waals surface area contributed by atoms with Gasteiger partial charge in [0.25, 0.3) is 0 Å². The number of carbonyl (C=O) groups excluding carboxylic acids is 1. The maximum atomic E-state index is 11.7. The van der Waals surface area contributed by atoms with Gasteiger partial charge in [0.2, 0.25) is 0 Å². The highest BCUT2D eigenvalue weighted by molar-refractivity contribution is 5.69. The summed E-state index contributed by atoms with van der Waals surface area (Å²) in [6.45, 7) is 1.88. The second-order valence-corrected chi connectivity index (χ2v) is 8.37. The van der Waals surface area contributed by atoms with Gasteiger partial charge >= 0.3 is 5.97 Å². The van der Waals surface area contributed by atoms with Crippen LogP contribution in [0, 0.1) is 0 Å². The summed E-state index contributed by atoms with van der Waals surface area (Å²) >= 11 is 0. The van der Waals surface area contributed by atoms with E-state index in [1.807, 2.05) is 13.0 Å². The Morgan fingerprint density at radius 1 is 1.14 bits per heavy atom. The van der Waals surface area contributed by atoms with Crippen molar-refractivity contribution in [2.24, 2.45) is 0 Å². The van der Waals surface area contributed by atoms with Gasteiger partial charge in [-0.1, -0.05) is 18.6 Å². The van der Waals surface area contributed by atoms with E-state index in [1.165, 1.54) is 13.5 Å². The van der Waals surface area contributed by atoms with Gasteiger partial charge in [0.1, 0.15) is 30.5 Å². The summed E-state index contributed by atoms with van der Waals surface area (Å²) in [5, 5.41) is 10.7. The third-order valence-corrected chi connectivity index (χ3v) is 6.46. The lowest BCUT2D eigenvalue weighted by Gasteiger charge is -2.47. The summed E-state index contributed by atoms with van der Waals surface area (Å²) in [5.74, 6) is -0.872. The van der Waals surface area contributed by atoms with Crippen molar-refractivity contribution in [1.82, 2.24) is 0 Å². The lowest BCUT2D eigenvalue weighted by Crippen LogP contribution is -2.62. The molecule has 3 saturated heterocycles. The van der Waals surface area contributed by atoms with E-state index in [0.29, 0.717) is 6.42 Å². The van der Waals surface area contributed by atoms with Crippen LogP contribution >= 0.6 is 0 Å². The van der Waals surface area contributed by atoms with Crippen LogP contribution in [0.15, 0.2) is 12.2 Å². The minimum Gasteiger partial charge on any atom is -0.469 e. The maximum absolute atomic E-state index is 11.7. The van der Waals surface area contributed by atoms with Crippen LogP contribution in [0.4, 0.5) is 0 Å². The van der Waals surface area contributed by atoms with Crippen LogP contribution in [0.2, 0.25) is 0 Å². The highest BCUT2D eigenvalue weighted by Gasteiger charge is 2.60. The predicted molar refractivity (Wildman–Crippen MR) is 99.6 cm³/mol. The molecule has 1 unspecified atom stereocenters. The fourth-order valence-electron chi connectivity index (χ4n) is 5.10. The van der Waals surface area contributed by atoms with Crippen LogP contribution in [0.5, 0.6) is 0 Å². The molecule has 4 aliphatic rings. The number of hydrogen-bond acceptors (Lipinski definition) is 7. The molecule has 0 radical (unpaired) electrons. The van der Waals surface area contributed by atoms with E-state index in [0.717, 1.165) is 32.1 Å². The smallest absolute Gasteiger partial charge is 0.308 e. The number of methoxy groups -OCH3 is 1. The van der Waals surface area contributed by atoms with Crippen molar-refractivity contribution in [3.63, 3.8) is 0 Å². The second-order valence-electron chi connectivity index (χ2n) is 8.37. The average molecular weight is 396 g/mol. The highest BCUT2D eigenvalue weighted by Crippen LogP contribution is 2.47. The zero-order valence-corrected chi connectivity index (χ0v) is 16.7. The molecule has 0 aromatic carbocycles. The van der Waals surface area contributed by atoms with E-state index in [-0.39, 0.29) is 42.9 Å². The van der Waals surface area contributed by atoms with E-state index < -0.39 is 18.0 Å². The number of aliphatic hydroxyl groups is 1. The third kappa shape index (κ3) is 3.87. The Morgan fingerprint density at radius 2 is 1.89 bits per heavy atom. The Morgan fingerprint density at radius 3 is 2.61 bits per heavy atom. The van der Waals surface area contributed by atoms with Crippen LogP contribution in [-0.4, -0.2) is 66.7 Å². The number of ether oxygens (including phenoxy) is 5. The molecule has 0 aromatic heterocycles. The largest absolute Gasteiger partial charge is 0.469 e. The van der Waals surface area contributed by atoms with Gasteiger partial charge in [-0.25, -0.2) is 0 Å². The number of aliphatic hydroxyl groups excluding tert-OH is 1. The van der Waals surface area contributed by atoms with E-state index in [4.69, 9.17) is 23.7 Å². The molecule has 0 aromatic rings. The quantitative estimate of drug-likeness (QED) is 0.576. The molecule has 7 atom stereocenters. The fraction of sp³-hybridized carbons (Fsp3) is 0.857. The number of carbonyl (C=O) groups is 1. The molecular weight excluding hydrogens is 364 g/mol. The Kier molecular flexibility index (Phi) is 6.09. The van der Waals surface area contributed by atoms with E-state index >= 15 is 0 Å². The minimum absolute atomic E-state index is 0.178. The van der Waals surface area contributed by atoms with Crippen LogP contribution in [0.25, 0.3) is 0 Å². The number of rotatable bonds is 4. The summed E-state index contributed by atoms with van der Waals surface area (Å²) in [6.07, 6.45) is 7.69. The molecule has 1 N–H and O–H groups in total. The Balaban J connectivity index is 1.55. The molecule has 1 spiro atoms. The molecule has 3 heterocycles. The van der Waals surface area contributed by atoms with Crippen molar-refractivity contribution in [3.8, 4) is 0 Å². The summed E-state index contributed by atoms with van der Waals surface area (Å²) < 4.78 is 30.3. The van der Waals surface area contributed by atoms with Gasteiger partial charge < -0.3 is 28.8 Å². The Labute approximate surface area is 166 Å². The van der Waals surface area contributed by atoms with Crippen LogP contribution < -0.4 is 0 Å². The topological polar surface area (TPSA) is 83.5 Å². The molecule has 1 aliphatic carbocycles. The molecule has 4 fully saturated rings. The van der Waals surface area contributed by atoms with Crippen molar-refractivity contribution in [2.45, 2.75) is 107 Å². The summed E-state index contributed by atoms with van der Waals surface area (Å²) in [7, 11) is 1.39. The van der Waals surface area contributed by atoms with Crippen molar-refractivity contribution in [1.29, 1.82) is 0 Å². The minimum atomic E-state index is -0.756. The fourth-order valence-corrected chi connectivity index (χ4v) is 5.10. The summed E-state index contributed by atoms with van der Waals surface area (Å²) in [5.41, 5.74) is 0. The first-order chi connectivity index (χ1) is 13.5. The lowest BCUT2D eigenvalue weighted by atomic mass is 9.87.